The Labute approximate surface area is 131 Å². The van der Waals surface area contributed by atoms with Crippen LogP contribution in [0.2, 0.25) is 0 Å². The highest BCUT2D eigenvalue weighted by atomic mass is 79.9. The lowest BCUT2D eigenvalue weighted by Gasteiger charge is -2.03. The maximum absolute atomic E-state index is 11.7. The first kappa shape index (κ1) is 15.2. The van der Waals surface area contributed by atoms with Crippen molar-refractivity contribution in [2.24, 2.45) is 5.92 Å². The third-order valence-electron chi connectivity index (χ3n) is 2.90. The van der Waals surface area contributed by atoms with Crippen LogP contribution in [0, 0.1) is 12.8 Å². The van der Waals surface area contributed by atoms with Gasteiger partial charge in [0.1, 0.15) is 0 Å². The highest BCUT2D eigenvalue weighted by Crippen LogP contribution is 2.26. The van der Waals surface area contributed by atoms with Gasteiger partial charge in [0, 0.05) is 21.7 Å². The lowest BCUT2D eigenvalue weighted by atomic mass is 10.1. The van der Waals surface area contributed by atoms with Gasteiger partial charge in [-0.05, 0) is 24.6 Å². The van der Waals surface area contributed by atoms with Crippen molar-refractivity contribution in [3.63, 3.8) is 0 Å². The molecule has 2 aromatic rings. The Hall–Kier alpha value is -1.20. The van der Waals surface area contributed by atoms with Gasteiger partial charge in [0.05, 0.1) is 5.69 Å². The average molecular weight is 353 g/mol. The molecule has 0 atom stereocenters. The molecule has 1 N–H and O–H groups in total. The second-order valence-electron chi connectivity index (χ2n) is 4.98. The molecule has 0 aliphatic heterocycles. The molecule has 0 aliphatic carbocycles. The van der Waals surface area contributed by atoms with E-state index in [0.29, 0.717) is 5.13 Å². The van der Waals surface area contributed by atoms with E-state index < -0.39 is 0 Å². The van der Waals surface area contributed by atoms with E-state index in [-0.39, 0.29) is 11.8 Å². The highest BCUT2D eigenvalue weighted by Gasteiger charge is 2.13. The third-order valence-corrected chi connectivity index (χ3v) is 4.47. The minimum Gasteiger partial charge on any atom is -0.302 e. The number of aromatic nitrogens is 1. The summed E-state index contributed by atoms with van der Waals surface area (Å²) in [6.45, 7) is 5.73. The van der Waals surface area contributed by atoms with Gasteiger partial charge < -0.3 is 5.32 Å². The largest absolute Gasteiger partial charge is 0.302 e. The molecule has 3 nitrogen and oxygen atoms in total. The van der Waals surface area contributed by atoms with Crippen LogP contribution < -0.4 is 5.32 Å². The van der Waals surface area contributed by atoms with Gasteiger partial charge in [0.15, 0.2) is 5.13 Å². The Bertz CT molecular complexity index is 622. The van der Waals surface area contributed by atoms with Crippen LogP contribution in [0.15, 0.2) is 28.7 Å². The number of carbonyl (C=O) groups is 1. The smallest absolute Gasteiger partial charge is 0.228 e. The summed E-state index contributed by atoms with van der Waals surface area (Å²) in [5.41, 5.74) is 2.21. The van der Waals surface area contributed by atoms with Crippen molar-refractivity contribution in [1.82, 2.24) is 4.98 Å². The predicted molar refractivity (Wildman–Crippen MR) is 87.3 cm³/mol. The number of anilines is 1. The fourth-order valence-electron chi connectivity index (χ4n) is 1.73. The molecule has 0 aliphatic rings. The first-order chi connectivity index (χ1) is 9.45. The minimum absolute atomic E-state index is 0.00718. The van der Waals surface area contributed by atoms with E-state index in [4.69, 9.17) is 0 Å². The number of halogens is 1. The van der Waals surface area contributed by atoms with Gasteiger partial charge in [-0.15, -0.1) is 11.3 Å². The van der Waals surface area contributed by atoms with Crippen LogP contribution in [0.5, 0.6) is 0 Å². The molecule has 2 rings (SSSR count). The Balaban J connectivity index is 2.13. The van der Waals surface area contributed by atoms with E-state index in [0.717, 1.165) is 16.6 Å². The average Bonchev–Trinajstić information content (AvgIpc) is 2.69. The molecule has 1 aromatic heterocycles. The van der Waals surface area contributed by atoms with Gasteiger partial charge in [0.25, 0.3) is 0 Å². The number of hydrogen-bond donors (Lipinski definition) is 1. The molecule has 0 saturated carbocycles. The molecule has 0 unspecified atom stereocenters. The molecule has 106 valence electrons. The SMILES string of the molecule is Cc1nc(NC(=O)C(C)C)sc1Cc1cccc(Br)c1. The lowest BCUT2D eigenvalue weighted by molar-refractivity contribution is -0.118. The summed E-state index contributed by atoms with van der Waals surface area (Å²) in [6, 6.07) is 8.23. The van der Waals surface area contributed by atoms with Crippen LogP contribution in [0.4, 0.5) is 5.13 Å². The normalized spacial score (nSPS) is 10.8. The molecule has 1 aromatic carbocycles. The van der Waals surface area contributed by atoms with Crippen LogP contribution in [0.1, 0.15) is 30.0 Å². The van der Waals surface area contributed by atoms with Crippen LogP contribution >= 0.6 is 27.3 Å². The quantitative estimate of drug-likeness (QED) is 0.885. The fraction of sp³-hybridized carbons (Fsp3) is 0.333. The summed E-state index contributed by atoms with van der Waals surface area (Å²) in [7, 11) is 0. The molecule has 0 fully saturated rings. The van der Waals surface area contributed by atoms with Crippen molar-refractivity contribution in [3.8, 4) is 0 Å². The number of hydrogen-bond acceptors (Lipinski definition) is 3. The Morgan fingerprint density at radius 2 is 2.20 bits per heavy atom. The zero-order chi connectivity index (χ0) is 14.7. The van der Waals surface area contributed by atoms with E-state index >= 15 is 0 Å². The Morgan fingerprint density at radius 1 is 1.45 bits per heavy atom. The summed E-state index contributed by atoms with van der Waals surface area (Å²) >= 11 is 5.03. The van der Waals surface area contributed by atoms with Crippen LogP contribution in [0.25, 0.3) is 0 Å². The Kier molecular flexibility index (Phi) is 4.94. The van der Waals surface area contributed by atoms with E-state index in [2.05, 4.69) is 38.4 Å². The first-order valence-corrected chi connectivity index (χ1v) is 8.08. The Morgan fingerprint density at radius 3 is 2.85 bits per heavy atom. The van der Waals surface area contributed by atoms with Gasteiger partial charge in [0.2, 0.25) is 5.91 Å². The number of aryl methyl sites for hydroxylation is 1. The number of carbonyl (C=O) groups excluding carboxylic acids is 1. The lowest BCUT2D eigenvalue weighted by Crippen LogP contribution is -2.17. The molecule has 0 saturated heterocycles. The third kappa shape index (κ3) is 3.90. The van der Waals surface area contributed by atoms with Crippen molar-refractivity contribution >= 4 is 38.3 Å². The second-order valence-corrected chi connectivity index (χ2v) is 6.98. The van der Waals surface area contributed by atoms with Crippen LogP contribution in [-0.2, 0) is 11.2 Å². The van der Waals surface area contributed by atoms with Crippen LogP contribution in [0.3, 0.4) is 0 Å². The molecule has 0 bridgehead atoms. The van der Waals surface area contributed by atoms with Gasteiger partial charge in [-0.1, -0.05) is 41.9 Å². The molecular weight excluding hydrogens is 336 g/mol. The van der Waals surface area contributed by atoms with Crippen LogP contribution in [-0.4, -0.2) is 10.9 Å². The maximum Gasteiger partial charge on any atom is 0.228 e. The van der Waals surface area contributed by atoms with Crippen molar-refractivity contribution in [1.29, 1.82) is 0 Å². The molecule has 5 heteroatoms. The molecular formula is C15H17BrN2OS. The molecule has 1 heterocycles. The van der Waals surface area contributed by atoms with Gasteiger partial charge in [-0.25, -0.2) is 4.98 Å². The minimum atomic E-state index is -0.0345. The zero-order valence-corrected chi connectivity index (χ0v) is 14.1. The van der Waals surface area contributed by atoms with Gasteiger partial charge in [-0.2, -0.15) is 0 Å². The number of amides is 1. The van der Waals surface area contributed by atoms with Crippen molar-refractivity contribution in [3.05, 3.63) is 44.9 Å². The van der Waals surface area contributed by atoms with Gasteiger partial charge >= 0.3 is 0 Å². The van der Waals surface area contributed by atoms with Crippen molar-refractivity contribution < 1.29 is 4.79 Å². The van der Waals surface area contributed by atoms with Gasteiger partial charge in [-0.3, -0.25) is 4.79 Å². The predicted octanol–water partition coefficient (Wildman–Crippen LogP) is 4.40. The second kappa shape index (κ2) is 6.50. The molecule has 20 heavy (non-hydrogen) atoms. The summed E-state index contributed by atoms with van der Waals surface area (Å²) in [5, 5.41) is 3.55. The van der Waals surface area contributed by atoms with E-state index in [9.17, 15) is 4.79 Å². The number of rotatable bonds is 4. The first-order valence-electron chi connectivity index (χ1n) is 6.47. The number of nitrogens with zero attached hydrogens (tertiary/aromatic N) is 1. The maximum atomic E-state index is 11.7. The number of benzene rings is 1. The zero-order valence-electron chi connectivity index (χ0n) is 11.7. The summed E-state index contributed by atoms with van der Waals surface area (Å²) in [6.07, 6.45) is 0.834. The van der Waals surface area contributed by atoms with Crippen molar-refractivity contribution in [2.75, 3.05) is 5.32 Å². The topological polar surface area (TPSA) is 42.0 Å². The monoisotopic (exact) mass is 352 g/mol. The number of nitrogens with one attached hydrogen (secondary N) is 1. The standard InChI is InChI=1S/C15H17BrN2OS/c1-9(2)14(19)18-15-17-10(3)13(20-15)8-11-5-4-6-12(16)7-11/h4-7,9H,8H2,1-3H3,(H,17,18,19). The number of thiazole rings is 1. The molecule has 0 spiro atoms. The van der Waals surface area contributed by atoms with E-state index in [1.165, 1.54) is 10.4 Å². The summed E-state index contributed by atoms with van der Waals surface area (Å²) < 4.78 is 1.07. The highest BCUT2D eigenvalue weighted by molar-refractivity contribution is 9.10. The van der Waals surface area contributed by atoms with E-state index in [1.54, 1.807) is 11.3 Å². The summed E-state index contributed by atoms with van der Waals surface area (Å²) in [5.74, 6) is -0.0273. The fourth-order valence-corrected chi connectivity index (χ4v) is 3.17. The van der Waals surface area contributed by atoms with E-state index in [1.807, 2.05) is 32.9 Å². The van der Waals surface area contributed by atoms with Crippen molar-refractivity contribution in [2.45, 2.75) is 27.2 Å². The summed E-state index contributed by atoms with van der Waals surface area (Å²) in [4.78, 5) is 17.3. The molecule has 1 amide bonds. The molecule has 0 radical (unpaired) electrons.